The van der Waals surface area contributed by atoms with Crippen molar-refractivity contribution >= 4 is 5.91 Å². The van der Waals surface area contributed by atoms with E-state index in [0.717, 1.165) is 5.56 Å². The van der Waals surface area contributed by atoms with E-state index in [1.165, 1.54) is 24.1 Å². The number of hydrogen-bond donors (Lipinski definition) is 1. The maximum absolute atomic E-state index is 14.6. The molecule has 1 amide bonds. The summed E-state index contributed by atoms with van der Waals surface area (Å²) in [6, 6.07) is 15.4. The molecule has 188 valence electrons. The van der Waals surface area contributed by atoms with Gasteiger partial charge in [0.05, 0.1) is 18.3 Å². The molecule has 1 heterocycles. The van der Waals surface area contributed by atoms with E-state index >= 15 is 0 Å². The van der Waals surface area contributed by atoms with Gasteiger partial charge in [0.1, 0.15) is 24.4 Å². The highest BCUT2D eigenvalue weighted by Crippen LogP contribution is 2.39. The molecule has 0 fully saturated rings. The van der Waals surface area contributed by atoms with E-state index in [-0.39, 0.29) is 31.4 Å². The summed E-state index contributed by atoms with van der Waals surface area (Å²) in [6.07, 6.45) is 0.450. The molecule has 0 radical (unpaired) electrons. The maximum atomic E-state index is 14.6. The van der Waals surface area contributed by atoms with Gasteiger partial charge >= 0.3 is 0 Å². The molecule has 3 aromatic rings. The van der Waals surface area contributed by atoms with E-state index in [9.17, 15) is 13.6 Å². The van der Waals surface area contributed by atoms with Crippen molar-refractivity contribution in [3.8, 4) is 11.3 Å². The van der Waals surface area contributed by atoms with Gasteiger partial charge in [0.25, 0.3) is 0 Å². The van der Waals surface area contributed by atoms with E-state index in [0.29, 0.717) is 23.6 Å². The number of carbonyl (C=O) groups excluding carboxylic acids is 1. The Morgan fingerprint density at radius 2 is 1.89 bits per heavy atom. The lowest BCUT2D eigenvalue weighted by molar-refractivity contribution is -0.141. The molecular weight excluding hydrogens is 450 g/mol. The first-order chi connectivity index (χ1) is 16.6. The number of rotatable bonds is 10. The van der Waals surface area contributed by atoms with E-state index in [2.05, 4.69) is 0 Å². The van der Waals surface area contributed by atoms with Gasteiger partial charge in [-0.1, -0.05) is 63.2 Å². The zero-order valence-corrected chi connectivity index (χ0v) is 20.7. The van der Waals surface area contributed by atoms with Crippen LogP contribution in [0.1, 0.15) is 38.2 Å². The summed E-state index contributed by atoms with van der Waals surface area (Å²) < 4.78 is 35.6. The van der Waals surface area contributed by atoms with Gasteiger partial charge in [-0.3, -0.25) is 4.79 Å². The molecule has 2 aromatic carbocycles. The zero-order chi connectivity index (χ0) is 25.6. The van der Waals surface area contributed by atoms with Crippen LogP contribution in [0.2, 0.25) is 0 Å². The van der Waals surface area contributed by atoms with Gasteiger partial charge in [0, 0.05) is 32.0 Å². The van der Waals surface area contributed by atoms with Crippen molar-refractivity contribution in [2.75, 3.05) is 26.8 Å². The lowest BCUT2D eigenvalue weighted by atomic mass is 9.84. The topological polar surface area (TPSA) is 73.4 Å². The van der Waals surface area contributed by atoms with Gasteiger partial charge in [0.2, 0.25) is 5.91 Å². The second-order valence-corrected chi connectivity index (χ2v) is 9.69. The van der Waals surface area contributed by atoms with Crippen molar-refractivity contribution in [3.63, 3.8) is 0 Å². The normalized spacial score (nSPS) is 13.5. The van der Waals surface area contributed by atoms with Gasteiger partial charge in [-0.25, -0.2) is 13.8 Å². The quantitative estimate of drug-likeness (QED) is 0.457. The van der Waals surface area contributed by atoms with Gasteiger partial charge in [-0.05, 0) is 23.1 Å². The fraction of sp³-hybridized carbons (Fsp3) is 0.407. The lowest BCUT2D eigenvalue weighted by Crippen LogP contribution is -2.47. The SMILES string of the molecule is COCC(=O)N(CC(F)CN)C(c1nc(-c2cccc(F)c2)cn1Cc1ccccc1)C(C)(C)C. The molecule has 3 rings (SSSR count). The van der Waals surface area contributed by atoms with Crippen LogP contribution >= 0.6 is 0 Å². The lowest BCUT2D eigenvalue weighted by Gasteiger charge is -2.40. The molecule has 2 atom stereocenters. The second kappa shape index (κ2) is 11.6. The number of halogens is 2. The monoisotopic (exact) mass is 484 g/mol. The van der Waals surface area contributed by atoms with Crippen molar-refractivity contribution in [1.82, 2.24) is 14.5 Å². The number of carbonyl (C=O) groups is 1. The number of aromatic nitrogens is 2. The molecule has 0 aliphatic carbocycles. The molecule has 2 N–H and O–H groups in total. The minimum atomic E-state index is -1.40. The summed E-state index contributed by atoms with van der Waals surface area (Å²) in [4.78, 5) is 19.5. The zero-order valence-electron chi connectivity index (χ0n) is 20.7. The summed E-state index contributed by atoms with van der Waals surface area (Å²) in [6.45, 7) is 5.82. The van der Waals surface area contributed by atoms with Crippen LogP contribution in [-0.2, 0) is 16.1 Å². The summed E-state index contributed by atoms with van der Waals surface area (Å²) in [5.74, 6) is -0.145. The number of methoxy groups -OCH3 is 1. The fourth-order valence-electron chi connectivity index (χ4n) is 4.18. The van der Waals surface area contributed by atoms with E-state index in [1.54, 1.807) is 12.1 Å². The molecule has 0 bridgehead atoms. The van der Waals surface area contributed by atoms with Gasteiger partial charge in [-0.2, -0.15) is 0 Å². The Kier molecular flexibility index (Phi) is 8.75. The average Bonchev–Trinajstić information content (AvgIpc) is 3.21. The first kappa shape index (κ1) is 26.5. The average molecular weight is 485 g/mol. The minimum absolute atomic E-state index is 0.186. The van der Waals surface area contributed by atoms with Crippen molar-refractivity contribution in [3.05, 3.63) is 78.0 Å². The van der Waals surface area contributed by atoms with Crippen LogP contribution in [0, 0.1) is 11.2 Å². The summed E-state index contributed by atoms with van der Waals surface area (Å²) >= 11 is 0. The van der Waals surface area contributed by atoms with Gasteiger partial charge < -0.3 is 19.9 Å². The smallest absolute Gasteiger partial charge is 0.249 e. The molecule has 6 nitrogen and oxygen atoms in total. The molecule has 1 aromatic heterocycles. The Labute approximate surface area is 205 Å². The Balaban J connectivity index is 2.18. The van der Waals surface area contributed by atoms with E-state index in [4.69, 9.17) is 15.5 Å². The van der Waals surface area contributed by atoms with Crippen LogP contribution < -0.4 is 5.73 Å². The number of ether oxygens (including phenoxy) is 1. The van der Waals surface area contributed by atoms with E-state index in [1.807, 2.05) is 61.9 Å². The number of imidazole rings is 1. The maximum Gasteiger partial charge on any atom is 0.249 e. The third kappa shape index (κ3) is 6.74. The molecule has 0 saturated carbocycles. The molecule has 0 saturated heterocycles. The van der Waals surface area contributed by atoms with Crippen LogP contribution in [0.25, 0.3) is 11.3 Å². The number of nitrogens with zero attached hydrogens (tertiary/aromatic N) is 3. The third-order valence-electron chi connectivity index (χ3n) is 5.74. The Bertz CT molecular complexity index is 1110. The van der Waals surface area contributed by atoms with E-state index < -0.39 is 17.6 Å². The predicted molar refractivity (Wildman–Crippen MR) is 133 cm³/mol. The molecule has 2 unspecified atom stereocenters. The van der Waals surface area contributed by atoms with Crippen molar-refractivity contribution in [1.29, 1.82) is 0 Å². The van der Waals surface area contributed by atoms with Crippen molar-refractivity contribution < 1.29 is 18.3 Å². The second-order valence-electron chi connectivity index (χ2n) is 9.69. The van der Waals surface area contributed by atoms with Crippen molar-refractivity contribution in [2.45, 2.75) is 39.5 Å². The standard InChI is InChI=1S/C27H34F2N4O2/c1-27(2,3)25(33(16-22(29)14-30)24(34)18-35-4)26-31-23(20-11-8-12-21(28)13-20)17-32(26)15-19-9-6-5-7-10-19/h5-13,17,22,25H,14-16,18,30H2,1-4H3. The van der Waals surface area contributed by atoms with Crippen molar-refractivity contribution in [2.24, 2.45) is 11.1 Å². The Morgan fingerprint density at radius 1 is 1.17 bits per heavy atom. The van der Waals surface area contributed by atoms with Crippen LogP contribution in [0.3, 0.4) is 0 Å². The summed E-state index contributed by atoms with van der Waals surface area (Å²) in [5, 5.41) is 0. The van der Waals surface area contributed by atoms with Gasteiger partial charge in [-0.15, -0.1) is 0 Å². The van der Waals surface area contributed by atoms with Crippen LogP contribution in [0.15, 0.2) is 60.8 Å². The molecule has 35 heavy (non-hydrogen) atoms. The molecule has 0 aliphatic rings. The number of amides is 1. The highest BCUT2D eigenvalue weighted by atomic mass is 19.1. The predicted octanol–water partition coefficient (Wildman–Crippen LogP) is 4.60. The number of nitrogens with two attached hydrogens (primary N) is 1. The summed E-state index contributed by atoms with van der Waals surface area (Å²) in [7, 11) is 1.43. The number of hydrogen-bond acceptors (Lipinski definition) is 4. The van der Waals surface area contributed by atoms with Crippen LogP contribution in [0.5, 0.6) is 0 Å². The first-order valence-electron chi connectivity index (χ1n) is 11.6. The number of alkyl halides is 1. The minimum Gasteiger partial charge on any atom is -0.375 e. The van der Waals surface area contributed by atoms with Crippen LogP contribution in [0.4, 0.5) is 8.78 Å². The number of benzene rings is 2. The molecule has 0 spiro atoms. The Hall–Kier alpha value is -3.10. The highest BCUT2D eigenvalue weighted by Gasteiger charge is 2.39. The van der Waals surface area contributed by atoms with Gasteiger partial charge in [0.15, 0.2) is 0 Å². The largest absolute Gasteiger partial charge is 0.375 e. The highest BCUT2D eigenvalue weighted by molar-refractivity contribution is 5.78. The third-order valence-corrected chi connectivity index (χ3v) is 5.74. The Morgan fingerprint density at radius 3 is 2.49 bits per heavy atom. The van der Waals surface area contributed by atoms with Crippen LogP contribution in [-0.4, -0.2) is 53.3 Å². The fourth-order valence-corrected chi connectivity index (χ4v) is 4.18. The summed E-state index contributed by atoms with van der Waals surface area (Å²) in [5.41, 5.74) is 7.27. The molecular formula is C27H34F2N4O2. The molecule has 8 heteroatoms. The first-order valence-corrected chi connectivity index (χ1v) is 11.6. The molecule has 0 aliphatic heterocycles.